The van der Waals surface area contributed by atoms with Gasteiger partial charge in [0.2, 0.25) is 53.7 Å². The van der Waals surface area contributed by atoms with Gasteiger partial charge >= 0.3 is 55.8 Å². The van der Waals surface area contributed by atoms with Gasteiger partial charge in [-0.15, -0.1) is 3.89 Å². The van der Waals surface area contributed by atoms with Gasteiger partial charge in [-0.2, -0.15) is 83.4 Å². The lowest BCUT2D eigenvalue weighted by Crippen LogP contribution is -2.75. The minimum absolute atomic E-state index is 3.02. The summed E-state index contributed by atoms with van der Waals surface area (Å²) in [6, 6.07) is 0. The van der Waals surface area contributed by atoms with E-state index >= 15 is 0 Å². The fraction of sp³-hybridized carbons (Fsp3) is 0.571. The molecule has 0 spiro atoms. The number of rotatable bonds is 10. The van der Waals surface area contributed by atoms with E-state index in [0.29, 0.717) is 0 Å². The molecule has 0 aliphatic heterocycles. The molecule has 0 saturated heterocycles. The summed E-state index contributed by atoms with van der Waals surface area (Å²) in [5, 5.41) is -8.50. The van der Waals surface area contributed by atoms with Crippen molar-refractivity contribution in [3.05, 3.63) is 29.1 Å². The predicted molar refractivity (Wildman–Crippen MR) is 94.9 cm³/mol. The molecule has 0 radical (unpaired) electrons. The van der Waals surface area contributed by atoms with Crippen LogP contribution >= 0.6 is 0 Å². The highest BCUT2D eigenvalue weighted by Crippen LogP contribution is 2.64. The molecule has 260 valence electrons. The minimum Gasteiger partial charge on any atom is -0.395 e. The van der Waals surface area contributed by atoms with E-state index in [9.17, 15) is 109 Å². The van der Waals surface area contributed by atoms with E-state index in [4.69, 9.17) is 4.55 Å². The van der Waals surface area contributed by atoms with Crippen molar-refractivity contribution in [3.63, 3.8) is 0 Å². The first-order valence-electron chi connectivity index (χ1n) is 8.99. The standard InChI is InChI=1S/C14HF23O4S3/c15-1-2(16)4(18)6(5(19)3(1)17)41-43(38)42(37)44(39,40)14(35,36)12(30,31)10(26,27)8(22,23)7(20,21)9(24,25)11(28,29)13(32,33)34/h38H. The first kappa shape index (κ1) is 40.0. The Morgan fingerprint density at radius 1 is 0.500 bits per heavy atom. The molecular formula is C14HF23O4S3. The third-order valence-corrected chi connectivity index (χ3v) is 11.6. The van der Waals surface area contributed by atoms with Gasteiger partial charge in [-0.3, -0.25) is 4.55 Å². The quantitative estimate of drug-likeness (QED) is 0.0883. The summed E-state index contributed by atoms with van der Waals surface area (Å²) >= 11 is 0. The molecule has 0 aliphatic carbocycles. The molecule has 1 aromatic carbocycles. The number of hydrogen-bond acceptors (Lipinski definition) is 3. The van der Waals surface area contributed by atoms with Gasteiger partial charge in [0.15, 0.2) is 0 Å². The van der Waals surface area contributed by atoms with E-state index < -0.39 is 110 Å². The van der Waals surface area contributed by atoms with Crippen molar-refractivity contribution in [1.82, 2.24) is 0 Å². The second-order valence-corrected chi connectivity index (χ2v) is 14.3. The minimum atomic E-state index is -9.28. The van der Waals surface area contributed by atoms with Crippen LogP contribution in [0.4, 0.5) is 100 Å². The van der Waals surface area contributed by atoms with Crippen LogP contribution in [0.3, 0.4) is 0 Å². The van der Waals surface area contributed by atoms with Crippen LogP contribution in [-0.4, -0.2) is 59.9 Å². The molecule has 30 heteroatoms. The zero-order valence-electron chi connectivity index (χ0n) is 18.6. The summed E-state index contributed by atoms with van der Waals surface area (Å²) in [4.78, 5) is 0. The van der Waals surface area contributed by atoms with Gasteiger partial charge in [0.25, 0.3) is 0 Å². The van der Waals surface area contributed by atoms with Gasteiger partial charge in [0, 0.05) is 0 Å². The van der Waals surface area contributed by atoms with Gasteiger partial charge in [-0.05, 0) is 0 Å². The van der Waals surface area contributed by atoms with E-state index in [1.165, 1.54) is 0 Å². The van der Waals surface area contributed by atoms with Crippen LogP contribution in [-0.2, 0) is 27.8 Å². The van der Waals surface area contributed by atoms with E-state index in [1.807, 2.05) is 0 Å². The zero-order valence-corrected chi connectivity index (χ0v) is 21.0. The highest BCUT2D eigenvalue weighted by molar-refractivity contribution is 8.80. The fourth-order valence-electron chi connectivity index (χ4n) is 2.22. The average Bonchev–Trinajstić information content (AvgIpc) is 2.86. The molecule has 0 fully saturated rings. The highest BCUT2D eigenvalue weighted by Gasteiger charge is 2.96. The first-order valence-corrected chi connectivity index (χ1v) is 13.7. The fourth-order valence-corrected chi connectivity index (χ4v) is 7.35. The molecule has 1 N–H and O–H groups in total. The Balaban J connectivity index is 3.86. The number of hydrogen-bond donors (Lipinski definition) is 1. The van der Waals surface area contributed by atoms with E-state index in [0.717, 1.165) is 0 Å². The Bertz CT molecular complexity index is 1420. The molecule has 1 rings (SSSR count). The summed E-state index contributed by atoms with van der Waals surface area (Å²) in [6.45, 7) is 0. The predicted octanol–water partition coefficient (Wildman–Crippen LogP) is 7.48. The maximum absolute atomic E-state index is 14.1. The van der Waals surface area contributed by atoms with Crippen LogP contribution in [0.1, 0.15) is 0 Å². The number of halogens is 23. The third kappa shape index (κ3) is 5.22. The van der Waals surface area contributed by atoms with Crippen molar-refractivity contribution < 1.29 is 118 Å². The molecule has 4 nitrogen and oxygen atoms in total. The SMILES string of the molecule is O=S(=O)(S(F)=S(O)Oc1c(F)c(F)c(F)c(F)c1F)C(F)(F)C(F)(F)C(F)(F)C(F)(F)C(F)(F)C(F)(F)C(F)(F)C(F)(F)F. The van der Waals surface area contributed by atoms with Crippen LogP contribution in [0.5, 0.6) is 5.75 Å². The molecule has 0 saturated carbocycles. The number of benzene rings is 1. The highest BCUT2D eigenvalue weighted by atomic mass is 33.4. The topological polar surface area (TPSA) is 63.6 Å². The molecule has 0 amide bonds. The van der Waals surface area contributed by atoms with Crippen LogP contribution in [0, 0.1) is 29.1 Å². The lowest BCUT2D eigenvalue weighted by molar-refractivity contribution is -0.458. The van der Waals surface area contributed by atoms with Crippen molar-refractivity contribution in [2.24, 2.45) is 0 Å². The van der Waals surface area contributed by atoms with E-state index in [-0.39, 0.29) is 0 Å². The molecular weight excluding hydrogens is 765 g/mol. The molecule has 44 heavy (non-hydrogen) atoms. The van der Waals surface area contributed by atoms with Crippen molar-refractivity contribution in [3.8, 4) is 5.75 Å². The smallest absolute Gasteiger partial charge is 0.395 e. The Morgan fingerprint density at radius 2 is 0.773 bits per heavy atom. The Hall–Kier alpha value is -1.98. The largest absolute Gasteiger partial charge is 0.460 e. The van der Waals surface area contributed by atoms with Crippen LogP contribution < -0.4 is 4.18 Å². The van der Waals surface area contributed by atoms with Crippen molar-refractivity contribution in [2.75, 3.05) is 0 Å². The summed E-state index contributed by atoms with van der Waals surface area (Å²) in [5.74, 6) is -73.1. The zero-order chi connectivity index (χ0) is 35.8. The number of alkyl halides is 17. The monoisotopic (exact) mass is 766 g/mol. The molecule has 2 unspecified atom stereocenters. The Labute approximate surface area is 227 Å². The summed E-state index contributed by atoms with van der Waals surface area (Å²) < 4.78 is 340. The molecule has 2 atom stereocenters. The normalized spacial score (nSPS) is 16.6. The maximum Gasteiger partial charge on any atom is 0.460 e. The van der Waals surface area contributed by atoms with Gasteiger partial charge in [0.05, 0.1) is 0 Å². The Morgan fingerprint density at radius 3 is 1.09 bits per heavy atom. The molecule has 0 bridgehead atoms. The van der Waals surface area contributed by atoms with Crippen molar-refractivity contribution >= 4 is 27.8 Å². The summed E-state index contributed by atoms with van der Waals surface area (Å²) in [6.07, 6.45) is -8.09. The van der Waals surface area contributed by atoms with Crippen LogP contribution in [0.2, 0.25) is 0 Å². The summed E-state index contributed by atoms with van der Waals surface area (Å²) in [7, 11) is -19.9. The maximum atomic E-state index is 14.1. The van der Waals surface area contributed by atoms with Gasteiger partial charge < -0.3 is 4.18 Å². The lowest BCUT2D eigenvalue weighted by Gasteiger charge is -2.42. The molecule has 0 aliphatic rings. The lowest BCUT2D eigenvalue weighted by atomic mass is 9.91. The first-order chi connectivity index (χ1) is 19.0. The second-order valence-electron chi connectivity index (χ2n) is 7.31. The van der Waals surface area contributed by atoms with Crippen LogP contribution in [0.25, 0.3) is 0 Å². The second kappa shape index (κ2) is 11.1. The average molecular weight is 766 g/mol. The summed E-state index contributed by atoms with van der Waals surface area (Å²) in [5.41, 5.74) is 0. The third-order valence-electron chi connectivity index (χ3n) is 4.62. The Kier molecular flexibility index (Phi) is 10.1. The molecule has 0 heterocycles. The van der Waals surface area contributed by atoms with Crippen LogP contribution in [0.15, 0.2) is 0 Å². The van der Waals surface area contributed by atoms with E-state index in [2.05, 4.69) is 4.18 Å². The molecule has 1 aromatic rings. The van der Waals surface area contributed by atoms with Gasteiger partial charge in [0.1, 0.15) is 0 Å². The van der Waals surface area contributed by atoms with E-state index in [1.54, 1.807) is 0 Å². The van der Waals surface area contributed by atoms with Crippen molar-refractivity contribution in [2.45, 2.75) is 47.0 Å². The molecule has 0 aromatic heterocycles. The van der Waals surface area contributed by atoms with Crippen molar-refractivity contribution in [1.29, 1.82) is 0 Å². The van der Waals surface area contributed by atoms with Gasteiger partial charge in [-0.25, -0.2) is 21.6 Å². The van der Waals surface area contributed by atoms with Gasteiger partial charge in [-0.1, -0.05) is 0 Å².